The molecule has 1 N–H and O–H groups in total. The molecule has 0 aliphatic carbocycles. The van der Waals surface area contributed by atoms with Crippen molar-refractivity contribution in [3.63, 3.8) is 0 Å². The molecule has 1 aliphatic rings. The normalized spacial score (nSPS) is 19.4. The fourth-order valence-electron chi connectivity index (χ4n) is 0.307. The van der Waals surface area contributed by atoms with Crippen LogP contribution in [-0.2, 0) is 0 Å². The Bertz CT molecular complexity index is 158. The van der Waals surface area contributed by atoms with Gasteiger partial charge in [0.2, 0.25) is 0 Å². The van der Waals surface area contributed by atoms with Gasteiger partial charge in [-0.2, -0.15) is 0 Å². The van der Waals surface area contributed by atoms with E-state index in [0.717, 1.165) is 0 Å². The highest BCUT2D eigenvalue weighted by Gasteiger charge is 1.68. The van der Waals surface area contributed by atoms with Gasteiger partial charge in [0.15, 0.2) is 0 Å². The molecule has 36 valence electrons. The van der Waals surface area contributed by atoms with Gasteiger partial charge in [0, 0.05) is 24.8 Å². The van der Waals surface area contributed by atoms with Crippen LogP contribution in [0.5, 0.6) is 0 Å². The second-order valence-electron chi connectivity index (χ2n) is 1.08. The lowest BCUT2D eigenvalue weighted by Crippen LogP contribution is -1.87. The van der Waals surface area contributed by atoms with Crippen LogP contribution < -0.4 is 5.32 Å². The van der Waals surface area contributed by atoms with Crippen molar-refractivity contribution in [1.29, 1.82) is 0 Å². The Hall–Kier alpha value is -1.05. The Morgan fingerprint density at radius 3 is 3.71 bits per heavy atom. The van der Waals surface area contributed by atoms with Crippen molar-refractivity contribution in [2.75, 3.05) is 0 Å². The molecule has 2 heteroatoms. The molecule has 0 spiro atoms. The molecule has 0 aromatic rings. The second kappa shape index (κ2) is 2.18. The average Bonchev–Trinajstić information content (AvgIpc) is 1.94. The summed E-state index contributed by atoms with van der Waals surface area (Å²) >= 11 is 0. The Balaban J connectivity index is 2.69. The maximum Gasteiger partial charge on any atom is 0.0832 e. The van der Waals surface area contributed by atoms with Crippen molar-refractivity contribution in [2.24, 2.45) is 4.99 Å². The Morgan fingerprint density at radius 1 is 1.71 bits per heavy atom. The van der Waals surface area contributed by atoms with Crippen LogP contribution in [0.3, 0.4) is 0 Å². The van der Waals surface area contributed by atoms with E-state index in [4.69, 9.17) is 1.37 Å². The van der Waals surface area contributed by atoms with Crippen LogP contribution in [0.4, 0.5) is 0 Å². The predicted molar refractivity (Wildman–Crippen MR) is 29.9 cm³/mol. The molecule has 1 rings (SSSR count). The lowest BCUT2D eigenvalue weighted by Gasteiger charge is -1.78. The summed E-state index contributed by atoms with van der Waals surface area (Å²) in [5.41, 5.74) is 0. The van der Waals surface area contributed by atoms with E-state index < -0.39 is 0 Å². The first-order valence-electron chi connectivity index (χ1n) is 2.51. The average molecular weight is 95.1 g/mol. The molecule has 7 heavy (non-hydrogen) atoms. The number of rotatable bonds is 0. The van der Waals surface area contributed by atoms with Crippen molar-refractivity contribution >= 4 is 6.21 Å². The fraction of sp³-hybridized carbons (Fsp3) is 0. The van der Waals surface area contributed by atoms with E-state index in [9.17, 15) is 0 Å². The molecular formula is C5H6N2. The highest BCUT2D eigenvalue weighted by Crippen LogP contribution is 1.75. The molecule has 0 fully saturated rings. The summed E-state index contributed by atoms with van der Waals surface area (Å²) in [5.74, 6) is 0. The molecule has 0 aromatic carbocycles. The van der Waals surface area contributed by atoms with Crippen LogP contribution in [0.1, 0.15) is 1.37 Å². The van der Waals surface area contributed by atoms with Crippen LogP contribution >= 0.6 is 0 Å². The molecule has 0 saturated carbocycles. The van der Waals surface area contributed by atoms with Gasteiger partial charge < -0.3 is 5.32 Å². The zero-order valence-electron chi connectivity index (χ0n) is 4.76. The smallest absolute Gasteiger partial charge is 0.0832 e. The molecule has 0 unspecified atom stereocenters. The van der Waals surface area contributed by atoms with E-state index in [1.165, 1.54) is 6.20 Å². The van der Waals surface area contributed by atoms with E-state index in [1.807, 2.05) is 0 Å². The van der Waals surface area contributed by atoms with E-state index in [0.29, 0.717) is 6.18 Å². The summed E-state index contributed by atoms with van der Waals surface area (Å²) in [6.07, 6.45) is 6.78. The maximum absolute atomic E-state index is 7.00. The first kappa shape index (κ1) is 3.02. The monoisotopic (exact) mass is 95.1 g/mol. The molecule has 0 aromatic heterocycles. The highest BCUT2D eigenvalue weighted by molar-refractivity contribution is 5.71. The minimum atomic E-state index is 0.315. The SMILES string of the molecule is [2H]C1=CN=CC=CN1. The number of nitrogens with zero attached hydrogens (tertiary/aromatic N) is 1. The number of hydrogen-bond donors (Lipinski definition) is 1. The fourth-order valence-corrected chi connectivity index (χ4v) is 0.307. The van der Waals surface area contributed by atoms with E-state index in [2.05, 4.69) is 10.3 Å². The van der Waals surface area contributed by atoms with Gasteiger partial charge in [-0.1, -0.05) is 0 Å². The van der Waals surface area contributed by atoms with Crippen molar-refractivity contribution < 1.29 is 1.37 Å². The summed E-state index contributed by atoms with van der Waals surface area (Å²) in [4.78, 5) is 3.73. The third kappa shape index (κ3) is 1.22. The van der Waals surface area contributed by atoms with Gasteiger partial charge in [0.25, 0.3) is 0 Å². The molecular weight excluding hydrogens is 88.1 g/mol. The zero-order valence-corrected chi connectivity index (χ0v) is 3.76. The summed E-state index contributed by atoms with van der Waals surface area (Å²) in [5, 5.41) is 2.67. The number of aliphatic imine (C=N–C) groups is 1. The largest absolute Gasteiger partial charge is 0.366 e. The summed E-state index contributed by atoms with van der Waals surface area (Å²) in [6, 6.07) is 0. The topological polar surface area (TPSA) is 24.4 Å². The van der Waals surface area contributed by atoms with Crippen molar-refractivity contribution in [3.8, 4) is 0 Å². The summed E-state index contributed by atoms with van der Waals surface area (Å²) in [7, 11) is 0. The molecule has 1 heterocycles. The van der Waals surface area contributed by atoms with Gasteiger partial charge in [-0.3, -0.25) is 4.99 Å². The minimum absolute atomic E-state index is 0.315. The van der Waals surface area contributed by atoms with Crippen molar-refractivity contribution in [1.82, 2.24) is 5.32 Å². The third-order valence-electron chi connectivity index (χ3n) is 0.574. The van der Waals surface area contributed by atoms with E-state index in [-0.39, 0.29) is 0 Å². The van der Waals surface area contributed by atoms with Crippen LogP contribution in [0, 0.1) is 0 Å². The predicted octanol–water partition coefficient (Wildman–Crippen LogP) is 0.645. The highest BCUT2D eigenvalue weighted by atomic mass is 14.8. The van der Waals surface area contributed by atoms with Gasteiger partial charge in [0.05, 0.1) is 1.37 Å². The minimum Gasteiger partial charge on any atom is -0.366 e. The lowest BCUT2D eigenvalue weighted by molar-refractivity contribution is 1.19. The van der Waals surface area contributed by atoms with Gasteiger partial charge in [-0.05, 0) is 6.08 Å². The standard InChI is InChI=1S/C5H6N2/c1-2-6-4-5-7-3-1/h1-6H/i4D. The third-order valence-corrected chi connectivity index (χ3v) is 0.574. The molecule has 0 amide bonds. The second-order valence-corrected chi connectivity index (χ2v) is 1.08. The molecule has 1 aliphatic heterocycles. The van der Waals surface area contributed by atoms with E-state index >= 15 is 0 Å². The number of allylic oxidation sites excluding steroid dienone is 1. The van der Waals surface area contributed by atoms with Crippen LogP contribution in [0.25, 0.3) is 0 Å². The Kier molecular flexibility index (Phi) is 0.941. The van der Waals surface area contributed by atoms with Crippen molar-refractivity contribution in [3.05, 3.63) is 24.7 Å². The lowest BCUT2D eigenvalue weighted by atomic mass is 10.7. The Labute approximate surface area is 43.7 Å². The molecule has 0 bridgehead atoms. The van der Waals surface area contributed by atoms with Gasteiger partial charge in [-0.25, -0.2) is 0 Å². The van der Waals surface area contributed by atoms with Gasteiger partial charge in [-0.15, -0.1) is 0 Å². The quantitative estimate of drug-likeness (QED) is 0.469. The number of nitrogens with one attached hydrogen (secondary N) is 1. The number of hydrogen-bond acceptors (Lipinski definition) is 2. The zero-order chi connectivity index (χ0) is 5.82. The van der Waals surface area contributed by atoms with Crippen molar-refractivity contribution in [2.45, 2.75) is 0 Å². The van der Waals surface area contributed by atoms with Gasteiger partial charge >= 0.3 is 0 Å². The van der Waals surface area contributed by atoms with E-state index in [1.54, 1.807) is 18.5 Å². The molecule has 2 nitrogen and oxygen atoms in total. The molecule has 0 atom stereocenters. The molecule has 0 saturated heterocycles. The van der Waals surface area contributed by atoms with Gasteiger partial charge in [0.1, 0.15) is 0 Å². The van der Waals surface area contributed by atoms with Crippen LogP contribution in [-0.4, -0.2) is 6.21 Å². The Morgan fingerprint density at radius 2 is 2.71 bits per heavy atom. The first-order chi connectivity index (χ1) is 3.89. The summed E-state index contributed by atoms with van der Waals surface area (Å²) < 4.78 is 7.00. The summed E-state index contributed by atoms with van der Waals surface area (Å²) in [6.45, 7) is 0. The maximum atomic E-state index is 7.00. The first-order valence-corrected chi connectivity index (χ1v) is 2.01. The van der Waals surface area contributed by atoms with Crippen LogP contribution in [0.2, 0.25) is 0 Å². The molecule has 0 radical (unpaired) electrons. The van der Waals surface area contributed by atoms with Crippen LogP contribution in [0.15, 0.2) is 29.6 Å².